The number of piperidine rings is 1. The zero-order valence-electron chi connectivity index (χ0n) is 10.1. The van der Waals surface area contributed by atoms with E-state index in [2.05, 4.69) is 52.7 Å². The van der Waals surface area contributed by atoms with Gasteiger partial charge in [-0.15, -0.1) is 0 Å². The summed E-state index contributed by atoms with van der Waals surface area (Å²) in [5.74, 6) is 2.61. The summed E-state index contributed by atoms with van der Waals surface area (Å²) in [6.45, 7) is 1.14. The van der Waals surface area contributed by atoms with Crippen LogP contribution in [-0.4, -0.2) is 30.1 Å². The van der Waals surface area contributed by atoms with E-state index in [1.54, 1.807) is 0 Å². The number of nitrogens with one attached hydrogen (secondary N) is 2. The molecule has 1 aromatic rings. The van der Waals surface area contributed by atoms with Crippen molar-refractivity contribution in [2.24, 2.45) is 0 Å². The highest BCUT2D eigenvalue weighted by Gasteiger charge is 2.26. The average molecular weight is 248 g/mol. The third-order valence-corrected chi connectivity index (χ3v) is 4.99. The molecule has 1 aromatic carbocycles. The van der Waals surface area contributed by atoms with Crippen LogP contribution in [0.1, 0.15) is 24.4 Å². The fourth-order valence-electron chi connectivity index (χ4n) is 2.67. The summed E-state index contributed by atoms with van der Waals surface area (Å²) in [6, 6.07) is 12.8. The van der Waals surface area contributed by atoms with E-state index in [1.807, 2.05) is 0 Å². The molecule has 2 N–H and O–H groups in total. The van der Waals surface area contributed by atoms with E-state index in [-0.39, 0.29) is 0 Å². The Hall–Kier alpha value is -0.510. The van der Waals surface area contributed by atoms with Crippen LogP contribution in [0.2, 0.25) is 0 Å². The molecule has 2 atom stereocenters. The maximum Gasteiger partial charge on any atom is 0.0335 e. The Morgan fingerprint density at radius 3 is 2.65 bits per heavy atom. The lowest BCUT2D eigenvalue weighted by Crippen LogP contribution is -2.50. The third-order valence-electron chi connectivity index (χ3n) is 3.72. The van der Waals surface area contributed by atoms with Crippen LogP contribution in [0, 0.1) is 0 Å². The predicted molar refractivity (Wildman–Crippen MR) is 74.5 cm³/mol. The van der Waals surface area contributed by atoms with Gasteiger partial charge in [-0.05, 0) is 24.9 Å². The average Bonchev–Trinajstić information content (AvgIpc) is 2.35. The van der Waals surface area contributed by atoms with Gasteiger partial charge in [0.15, 0.2) is 0 Å². The molecule has 2 saturated heterocycles. The van der Waals surface area contributed by atoms with E-state index in [9.17, 15) is 0 Å². The van der Waals surface area contributed by atoms with Crippen LogP contribution >= 0.6 is 11.8 Å². The number of hydrogen-bond donors (Lipinski definition) is 2. The van der Waals surface area contributed by atoms with Gasteiger partial charge in [0, 0.05) is 29.6 Å². The summed E-state index contributed by atoms with van der Waals surface area (Å²) in [7, 11) is 0. The highest BCUT2D eigenvalue weighted by molar-refractivity contribution is 8.00. The molecule has 2 aliphatic rings. The predicted octanol–water partition coefficient (Wildman–Crippen LogP) is 2.18. The fraction of sp³-hybridized carbons (Fsp3) is 0.571. The van der Waals surface area contributed by atoms with Crippen LogP contribution in [0.5, 0.6) is 0 Å². The maximum atomic E-state index is 3.79. The molecule has 0 aliphatic carbocycles. The van der Waals surface area contributed by atoms with Crippen molar-refractivity contribution in [2.75, 3.05) is 18.1 Å². The molecule has 92 valence electrons. The van der Waals surface area contributed by atoms with Gasteiger partial charge in [0.1, 0.15) is 0 Å². The Labute approximate surface area is 108 Å². The highest BCUT2D eigenvalue weighted by atomic mass is 32.2. The van der Waals surface area contributed by atoms with Crippen LogP contribution in [0.3, 0.4) is 0 Å². The van der Waals surface area contributed by atoms with Crippen molar-refractivity contribution in [1.82, 2.24) is 10.6 Å². The smallest absolute Gasteiger partial charge is 0.0335 e. The van der Waals surface area contributed by atoms with Gasteiger partial charge in [0.05, 0.1) is 0 Å². The van der Waals surface area contributed by atoms with E-state index in [0.717, 1.165) is 12.6 Å². The first-order chi connectivity index (χ1) is 8.42. The second-order valence-electron chi connectivity index (χ2n) is 5.04. The van der Waals surface area contributed by atoms with E-state index < -0.39 is 0 Å². The van der Waals surface area contributed by atoms with Crippen molar-refractivity contribution in [3.63, 3.8) is 0 Å². The molecule has 0 bridgehead atoms. The Morgan fingerprint density at radius 1 is 1.12 bits per heavy atom. The Morgan fingerprint density at radius 2 is 1.94 bits per heavy atom. The summed E-state index contributed by atoms with van der Waals surface area (Å²) in [5, 5.41) is 7.42. The van der Waals surface area contributed by atoms with Gasteiger partial charge in [0.2, 0.25) is 0 Å². The third kappa shape index (κ3) is 2.84. The molecule has 3 heteroatoms. The van der Waals surface area contributed by atoms with Crippen LogP contribution in [0.15, 0.2) is 30.3 Å². The zero-order valence-corrected chi connectivity index (χ0v) is 10.9. The van der Waals surface area contributed by atoms with Crippen LogP contribution < -0.4 is 10.6 Å². The summed E-state index contributed by atoms with van der Waals surface area (Å²) in [4.78, 5) is 0. The number of thioether (sulfide) groups is 1. The molecule has 2 heterocycles. The molecule has 0 spiro atoms. The highest BCUT2D eigenvalue weighted by Crippen LogP contribution is 2.25. The summed E-state index contributed by atoms with van der Waals surface area (Å²) < 4.78 is 0. The molecule has 2 fully saturated rings. The van der Waals surface area contributed by atoms with Gasteiger partial charge in [-0.2, -0.15) is 11.8 Å². The second kappa shape index (κ2) is 5.42. The van der Waals surface area contributed by atoms with Crippen molar-refractivity contribution >= 4 is 11.8 Å². The van der Waals surface area contributed by atoms with Crippen molar-refractivity contribution < 1.29 is 0 Å². The molecule has 0 aromatic heterocycles. The lowest BCUT2D eigenvalue weighted by Gasteiger charge is -2.36. The second-order valence-corrected chi connectivity index (χ2v) is 6.11. The van der Waals surface area contributed by atoms with Gasteiger partial charge in [0.25, 0.3) is 0 Å². The largest absolute Gasteiger partial charge is 0.310 e. The van der Waals surface area contributed by atoms with Crippen molar-refractivity contribution in [2.45, 2.75) is 31.0 Å². The van der Waals surface area contributed by atoms with Crippen LogP contribution in [0.25, 0.3) is 0 Å². The van der Waals surface area contributed by atoms with Crippen LogP contribution in [0.4, 0.5) is 0 Å². The SMILES string of the molecule is c1ccc([C@@H]2C[C@@H](NC3CSC3)CCN2)cc1. The van der Waals surface area contributed by atoms with Gasteiger partial charge in [-0.3, -0.25) is 0 Å². The van der Waals surface area contributed by atoms with Crippen molar-refractivity contribution in [3.8, 4) is 0 Å². The van der Waals surface area contributed by atoms with Gasteiger partial charge < -0.3 is 10.6 Å². The molecule has 0 radical (unpaired) electrons. The van der Waals surface area contributed by atoms with Crippen LogP contribution in [-0.2, 0) is 0 Å². The molecular formula is C14H20N2S. The molecule has 17 heavy (non-hydrogen) atoms. The van der Waals surface area contributed by atoms with Crippen molar-refractivity contribution in [3.05, 3.63) is 35.9 Å². The molecule has 0 unspecified atom stereocenters. The number of rotatable bonds is 3. The van der Waals surface area contributed by atoms with Gasteiger partial charge in [-0.25, -0.2) is 0 Å². The maximum absolute atomic E-state index is 3.79. The van der Waals surface area contributed by atoms with Gasteiger partial charge in [-0.1, -0.05) is 30.3 Å². The minimum atomic E-state index is 0.537. The molecule has 2 nitrogen and oxygen atoms in total. The minimum absolute atomic E-state index is 0.537. The van der Waals surface area contributed by atoms with E-state index in [4.69, 9.17) is 0 Å². The first kappa shape index (κ1) is 11.6. The summed E-state index contributed by atoms with van der Waals surface area (Å²) >= 11 is 2.05. The summed E-state index contributed by atoms with van der Waals surface area (Å²) in [5.41, 5.74) is 1.43. The molecule has 0 saturated carbocycles. The number of hydrogen-bond acceptors (Lipinski definition) is 3. The Bertz CT molecular complexity index is 350. The lowest BCUT2D eigenvalue weighted by atomic mass is 9.93. The normalized spacial score (nSPS) is 29.9. The molecule has 3 rings (SSSR count). The standard InChI is InChI=1S/C14H20N2S/c1-2-4-11(5-3-1)14-8-12(6-7-15-14)16-13-9-17-10-13/h1-5,12-16H,6-10H2/t12-,14-/m0/s1. The quantitative estimate of drug-likeness (QED) is 0.857. The fourth-order valence-corrected chi connectivity index (χ4v) is 3.34. The number of benzene rings is 1. The zero-order chi connectivity index (χ0) is 11.5. The molecule has 0 amide bonds. The Kier molecular flexibility index (Phi) is 3.69. The minimum Gasteiger partial charge on any atom is -0.310 e. The van der Waals surface area contributed by atoms with Gasteiger partial charge >= 0.3 is 0 Å². The monoisotopic (exact) mass is 248 g/mol. The topological polar surface area (TPSA) is 24.1 Å². The van der Waals surface area contributed by atoms with E-state index in [0.29, 0.717) is 12.1 Å². The van der Waals surface area contributed by atoms with Crippen molar-refractivity contribution in [1.29, 1.82) is 0 Å². The molecule has 2 aliphatic heterocycles. The first-order valence-corrected chi connectivity index (χ1v) is 7.69. The van der Waals surface area contributed by atoms with E-state index in [1.165, 1.54) is 29.9 Å². The molecular weight excluding hydrogens is 228 g/mol. The van der Waals surface area contributed by atoms with E-state index >= 15 is 0 Å². The Balaban J connectivity index is 1.59. The first-order valence-electron chi connectivity index (χ1n) is 6.54. The lowest BCUT2D eigenvalue weighted by molar-refractivity contribution is 0.308. The summed E-state index contributed by atoms with van der Waals surface area (Å²) in [6.07, 6.45) is 2.50.